The van der Waals surface area contributed by atoms with Gasteiger partial charge in [-0.1, -0.05) is 12.1 Å². The molecule has 0 saturated carbocycles. The van der Waals surface area contributed by atoms with E-state index in [0.29, 0.717) is 0 Å². The van der Waals surface area contributed by atoms with Gasteiger partial charge in [-0.2, -0.15) is 11.8 Å². The van der Waals surface area contributed by atoms with Crippen molar-refractivity contribution in [1.82, 2.24) is 4.98 Å². The lowest BCUT2D eigenvalue weighted by Gasteiger charge is -2.08. The van der Waals surface area contributed by atoms with Gasteiger partial charge in [0.2, 0.25) is 0 Å². The van der Waals surface area contributed by atoms with E-state index in [1.54, 1.807) is 0 Å². The quantitative estimate of drug-likeness (QED) is 0.870. The lowest BCUT2D eigenvalue weighted by atomic mass is 10.2. The number of aromatic nitrogens is 1. The van der Waals surface area contributed by atoms with Gasteiger partial charge in [-0.3, -0.25) is 4.98 Å². The van der Waals surface area contributed by atoms with Crippen molar-refractivity contribution in [2.24, 2.45) is 0 Å². The molecular weight excluding hydrogens is 284 g/mol. The molecule has 16 heavy (non-hydrogen) atoms. The summed E-state index contributed by atoms with van der Waals surface area (Å²) in [6.45, 7) is 0.970. The molecule has 0 bridgehead atoms. The number of nitrogens with one attached hydrogen (secondary N) is 1. The second kappa shape index (κ2) is 5.55. The van der Waals surface area contributed by atoms with Gasteiger partial charge in [0.1, 0.15) is 0 Å². The smallest absolute Gasteiger partial charge is 0.0934 e. The third kappa shape index (κ3) is 2.68. The molecule has 4 heteroatoms. The highest BCUT2D eigenvalue weighted by molar-refractivity contribution is 9.10. The van der Waals surface area contributed by atoms with Gasteiger partial charge in [-0.25, -0.2) is 0 Å². The Balaban J connectivity index is 2.30. The Morgan fingerprint density at radius 1 is 1.44 bits per heavy atom. The largest absolute Gasteiger partial charge is 0.382 e. The topological polar surface area (TPSA) is 24.9 Å². The van der Waals surface area contributed by atoms with Gasteiger partial charge in [0.25, 0.3) is 0 Å². The van der Waals surface area contributed by atoms with Crippen LogP contribution in [0.4, 0.5) is 5.69 Å². The van der Waals surface area contributed by atoms with E-state index in [0.717, 1.165) is 33.4 Å². The van der Waals surface area contributed by atoms with Crippen LogP contribution in [0, 0.1) is 0 Å². The Morgan fingerprint density at radius 2 is 2.31 bits per heavy atom. The van der Waals surface area contributed by atoms with E-state index in [2.05, 4.69) is 56.8 Å². The summed E-state index contributed by atoms with van der Waals surface area (Å²) in [5.74, 6) is 1.10. The zero-order chi connectivity index (χ0) is 11.4. The van der Waals surface area contributed by atoms with Crippen LogP contribution in [0.15, 0.2) is 34.9 Å². The van der Waals surface area contributed by atoms with Crippen LogP contribution in [0.2, 0.25) is 0 Å². The summed E-state index contributed by atoms with van der Waals surface area (Å²) in [4.78, 5) is 4.44. The molecule has 0 aliphatic rings. The number of hydrogen-bond acceptors (Lipinski definition) is 3. The second-order valence-electron chi connectivity index (χ2n) is 3.45. The molecule has 0 aliphatic carbocycles. The maximum absolute atomic E-state index is 4.44. The molecule has 2 aromatic rings. The van der Waals surface area contributed by atoms with Crippen LogP contribution in [0.3, 0.4) is 0 Å². The average molecular weight is 297 g/mol. The first kappa shape index (κ1) is 11.7. The lowest BCUT2D eigenvalue weighted by molar-refractivity contribution is 1.23. The predicted octanol–water partition coefficient (Wildman–Crippen LogP) is 3.77. The molecule has 84 valence electrons. The Morgan fingerprint density at radius 3 is 3.12 bits per heavy atom. The maximum Gasteiger partial charge on any atom is 0.0934 e. The molecule has 2 nitrogen and oxygen atoms in total. The van der Waals surface area contributed by atoms with Crippen molar-refractivity contribution in [3.63, 3.8) is 0 Å². The maximum atomic E-state index is 4.44. The third-order valence-corrected chi connectivity index (χ3v) is 3.35. The van der Waals surface area contributed by atoms with E-state index < -0.39 is 0 Å². The zero-order valence-electron chi connectivity index (χ0n) is 9.03. The normalized spacial score (nSPS) is 10.6. The highest BCUT2D eigenvalue weighted by Gasteiger charge is 2.01. The summed E-state index contributed by atoms with van der Waals surface area (Å²) in [6.07, 6.45) is 3.95. The second-order valence-corrected chi connectivity index (χ2v) is 5.35. The minimum atomic E-state index is 0.970. The molecule has 1 heterocycles. The van der Waals surface area contributed by atoms with Crippen LogP contribution in [-0.2, 0) is 0 Å². The monoisotopic (exact) mass is 296 g/mol. The number of rotatable bonds is 4. The van der Waals surface area contributed by atoms with Crippen molar-refractivity contribution in [3.05, 3.63) is 34.9 Å². The van der Waals surface area contributed by atoms with Crippen LogP contribution in [0.5, 0.6) is 0 Å². The van der Waals surface area contributed by atoms with Gasteiger partial charge in [-0.15, -0.1) is 0 Å². The first-order valence-electron chi connectivity index (χ1n) is 5.08. The zero-order valence-corrected chi connectivity index (χ0v) is 11.4. The van der Waals surface area contributed by atoms with E-state index in [1.165, 1.54) is 0 Å². The summed E-state index contributed by atoms with van der Waals surface area (Å²) >= 11 is 5.27. The number of halogens is 1. The van der Waals surface area contributed by atoms with Crippen molar-refractivity contribution < 1.29 is 0 Å². The summed E-state index contributed by atoms with van der Waals surface area (Å²) < 4.78 is 1.02. The number of hydrogen-bond donors (Lipinski definition) is 1. The molecule has 0 spiro atoms. The predicted molar refractivity (Wildman–Crippen MR) is 76.3 cm³/mol. The molecule has 0 unspecified atom stereocenters. The number of fused-ring (bicyclic) bond motifs is 1. The first-order chi connectivity index (χ1) is 7.81. The van der Waals surface area contributed by atoms with Crippen molar-refractivity contribution in [2.75, 3.05) is 23.9 Å². The lowest BCUT2D eigenvalue weighted by Crippen LogP contribution is -2.04. The van der Waals surface area contributed by atoms with Crippen LogP contribution in [-0.4, -0.2) is 23.5 Å². The molecule has 2 rings (SSSR count). The molecule has 1 aromatic carbocycles. The van der Waals surface area contributed by atoms with Crippen molar-refractivity contribution in [3.8, 4) is 0 Å². The summed E-state index contributed by atoms with van der Waals surface area (Å²) in [7, 11) is 0. The SMILES string of the molecule is CSCCNc1cccc2cc(Br)cnc12. The fraction of sp³-hybridized carbons (Fsp3) is 0.250. The average Bonchev–Trinajstić information content (AvgIpc) is 2.29. The molecule has 1 aromatic heterocycles. The van der Waals surface area contributed by atoms with E-state index in [9.17, 15) is 0 Å². The Hall–Kier alpha value is -0.740. The molecular formula is C12H13BrN2S. The van der Waals surface area contributed by atoms with Gasteiger partial charge in [0.05, 0.1) is 11.2 Å². The van der Waals surface area contributed by atoms with Crippen LogP contribution < -0.4 is 5.32 Å². The molecule has 0 amide bonds. The Kier molecular flexibility index (Phi) is 4.07. The Bertz CT molecular complexity index is 487. The van der Waals surface area contributed by atoms with Gasteiger partial charge in [-0.05, 0) is 34.3 Å². The summed E-state index contributed by atoms with van der Waals surface area (Å²) in [5.41, 5.74) is 2.14. The number of nitrogens with zero attached hydrogens (tertiary/aromatic N) is 1. The van der Waals surface area contributed by atoms with E-state index in [4.69, 9.17) is 0 Å². The first-order valence-corrected chi connectivity index (χ1v) is 7.27. The summed E-state index contributed by atoms with van der Waals surface area (Å²) in [5, 5.41) is 4.57. The van der Waals surface area contributed by atoms with Gasteiger partial charge < -0.3 is 5.32 Å². The van der Waals surface area contributed by atoms with Crippen molar-refractivity contribution >= 4 is 44.3 Å². The van der Waals surface area contributed by atoms with Gasteiger partial charge in [0, 0.05) is 28.4 Å². The summed E-state index contributed by atoms with van der Waals surface area (Å²) in [6, 6.07) is 8.29. The fourth-order valence-corrected chi connectivity index (χ4v) is 2.22. The fourth-order valence-electron chi connectivity index (χ4n) is 1.56. The number of anilines is 1. The number of benzene rings is 1. The Labute approximate surface area is 108 Å². The minimum Gasteiger partial charge on any atom is -0.382 e. The van der Waals surface area contributed by atoms with Crippen LogP contribution >= 0.6 is 27.7 Å². The molecule has 0 saturated heterocycles. The van der Waals surface area contributed by atoms with E-state index in [-0.39, 0.29) is 0 Å². The van der Waals surface area contributed by atoms with Gasteiger partial charge >= 0.3 is 0 Å². The number of pyridine rings is 1. The third-order valence-electron chi connectivity index (χ3n) is 2.30. The van der Waals surface area contributed by atoms with Gasteiger partial charge in [0.15, 0.2) is 0 Å². The van der Waals surface area contributed by atoms with E-state index in [1.807, 2.05) is 18.0 Å². The van der Waals surface area contributed by atoms with Crippen LogP contribution in [0.25, 0.3) is 10.9 Å². The molecule has 0 atom stereocenters. The molecule has 0 aliphatic heterocycles. The molecule has 1 N–H and O–H groups in total. The van der Waals surface area contributed by atoms with Crippen molar-refractivity contribution in [2.45, 2.75) is 0 Å². The highest BCUT2D eigenvalue weighted by atomic mass is 79.9. The standard InChI is InChI=1S/C12H13BrN2S/c1-16-6-5-14-11-4-2-3-9-7-10(13)8-15-12(9)11/h2-4,7-8,14H,5-6H2,1H3. The minimum absolute atomic E-state index is 0.970. The van der Waals surface area contributed by atoms with Crippen LogP contribution in [0.1, 0.15) is 0 Å². The van der Waals surface area contributed by atoms with E-state index >= 15 is 0 Å². The number of thioether (sulfide) groups is 1. The highest BCUT2D eigenvalue weighted by Crippen LogP contribution is 2.23. The molecule has 0 fully saturated rings. The number of para-hydroxylation sites is 1. The van der Waals surface area contributed by atoms with Crippen molar-refractivity contribution in [1.29, 1.82) is 0 Å². The molecule has 0 radical (unpaired) electrons.